The van der Waals surface area contributed by atoms with Crippen LogP contribution in [0, 0.1) is 5.41 Å². The molecule has 1 atom stereocenters. The van der Waals surface area contributed by atoms with Crippen molar-refractivity contribution in [2.24, 2.45) is 5.41 Å². The largest absolute Gasteiger partial charge is 0.465 e. The second-order valence-electron chi connectivity index (χ2n) is 7.16. The predicted molar refractivity (Wildman–Crippen MR) is 106 cm³/mol. The highest BCUT2D eigenvalue weighted by molar-refractivity contribution is 7.89. The Kier molecular flexibility index (Phi) is 6.63. The van der Waals surface area contributed by atoms with Crippen molar-refractivity contribution in [1.82, 2.24) is 4.72 Å². The van der Waals surface area contributed by atoms with Gasteiger partial charge in [-0.05, 0) is 35.1 Å². The first kappa shape index (κ1) is 22.1. The van der Waals surface area contributed by atoms with Gasteiger partial charge in [0.15, 0.2) is 0 Å². The van der Waals surface area contributed by atoms with E-state index in [1.807, 2.05) is 38.3 Å². The van der Waals surface area contributed by atoms with Gasteiger partial charge in [0.1, 0.15) is 0 Å². The van der Waals surface area contributed by atoms with Crippen LogP contribution in [0.1, 0.15) is 52.4 Å². The number of carbonyl (C=O) groups is 2. The van der Waals surface area contributed by atoms with Crippen molar-refractivity contribution in [2.45, 2.75) is 31.7 Å². The number of esters is 2. The van der Waals surface area contributed by atoms with Crippen LogP contribution in [-0.4, -0.2) is 34.6 Å². The highest BCUT2D eigenvalue weighted by Gasteiger charge is 2.32. The van der Waals surface area contributed by atoms with Gasteiger partial charge in [0, 0.05) is 4.88 Å². The summed E-state index contributed by atoms with van der Waals surface area (Å²) in [5, 5.41) is 1.87. The lowest BCUT2D eigenvalue weighted by Gasteiger charge is -2.30. The minimum Gasteiger partial charge on any atom is -0.465 e. The first-order valence-corrected chi connectivity index (χ1v) is 10.7. The molecule has 0 aliphatic carbocycles. The van der Waals surface area contributed by atoms with Gasteiger partial charge in [-0.15, -0.1) is 11.3 Å². The molecule has 0 amide bonds. The first-order chi connectivity index (χ1) is 13.0. The summed E-state index contributed by atoms with van der Waals surface area (Å²) < 4.78 is 38.2. The van der Waals surface area contributed by atoms with E-state index in [0.717, 1.165) is 4.88 Å². The standard InChI is InChI=1S/C19H23NO6S2/c1-19(2,3)16(15-7-6-8-27-15)20-28(23,24)14-10-12(17(21)25-4)9-13(11-14)18(22)26-5/h6-11,16,20H,1-5H3. The van der Waals surface area contributed by atoms with Crippen molar-refractivity contribution in [3.8, 4) is 0 Å². The van der Waals surface area contributed by atoms with E-state index in [0.29, 0.717) is 0 Å². The highest BCUT2D eigenvalue weighted by atomic mass is 32.2. The average molecular weight is 426 g/mol. The quantitative estimate of drug-likeness (QED) is 0.713. The van der Waals surface area contributed by atoms with E-state index in [2.05, 4.69) is 14.2 Å². The third kappa shape index (κ3) is 4.98. The maximum absolute atomic E-state index is 13.1. The van der Waals surface area contributed by atoms with Crippen LogP contribution in [0.5, 0.6) is 0 Å². The second-order valence-corrected chi connectivity index (χ2v) is 9.86. The lowest BCUT2D eigenvalue weighted by molar-refractivity contribution is 0.0598. The number of ether oxygens (including phenoxy) is 2. The molecule has 1 aromatic heterocycles. The molecule has 2 aromatic rings. The maximum Gasteiger partial charge on any atom is 0.337 e. The van der Waals surface area contributed by atoms with E-state index in [9.17, 15) is 18.0 Å². The molecule has 0 bridgehead atoms. The fourth-order valence-electron chi connectivity index (χ4n) is 2.57. The van der Waals surface area contributed by atoms with Crippen molar-refractivity contribution in [3.05, 3.63) is 51.7 Å². The molecule has 0 aliphatic rings. The molecule has 0 saturated carbocycles. The van der Waals surface area contributed by atoms with Crippen molar-refractivity contribution in [1.29, 1.82) is 0 Å². The van der Waals surface area contributed by atoms with Crippen LogP contribution in [0.3, 0.4) is 0 Å². The molecule has 1 N–H and O–H groups in total. The van der Waals surface area contributed by atoms with E-state index < -0.39 is 33.4 Å². The smallest absolute Gasteiger partial charge is 0.337 e. The van der Waals surface area contributed by atoms with Gasteiger partial charge in [0.25, 0.3) is 0 Å². The number of benzene rings is 1. The summed E-state index contributed by atoms with van der Waals surface area (Å²) >= 11 is 1.44. The maximum atomic E-state index is 13.1. The summed E-state index contributed by atoms with van der Waals surface area (Å²) in [4.78, 5) is 24.5. The topological polar surface area (TPSA) is 98.8 Å². The minimum absolute atomic E-state index is 0.0609. The lowest BCUT2D eigenvalue weighted by Crippen LogP contribution is -2.36. The Morgan fingerprint density at radius 3 is 1.96 bits per heavy atom. The van der Waals surface area contributed by atoms with Gasteiger partial charge in [-0.2, -0.15) is 0 Å². The molecule has 9 heteroatoms. The molecule has 0 fully saturated rings. The van der Waals surface area contributed by atoms with E-state index in [1.165, 1.54) is 43.8 Å². The Bertz CT molecular complexity index is 925. The molecule has 28 heavy (non-hydrogen) atoms. The molecular weight excluding hydrogens is 402 g/mol. The van der Waals surface area contributed by atoms with Crippen LogP contribution in [0.2, 0.25) is 0 Å². The van der Waals surface area contributed by atoms with E-state index >= 15 is 0 Å². The van der Waals surface area contributed by atoms with E-state index in [1.54, 1.807) is 0 Å². The average Bonchev–Trinajstić information content (AvgIpc) is 3.17. The SMILES string of the molecule is COC(=O)c1cc(C(=O)OC)cc(S(=O)(=O)NC(c2cccs2)C(C)(C)C)c1. The van der Waals surface area contributed by atoms with E-state index in [4.69, 9.17) is 0 Å². The molecule has 0 radical (unpaired) electrons. The molecule has 0 aliphatic heterocycles. The monoisotopic (exact) mass is 425 g/mol. The molecule has 1 heterocycles. The van der Waals surface area contributed by atoms with Gasteiger partial charge >= 0.3 is 11.9 Å². The Morgan fingerprint density at radius 1 is 1.04 bits per heavy atom. The summed E-state index contributed by atoms with van der Waals surface area (Å²) in [7, 11) is -1.71. The number of methoxy groups -OCH3 is 2. The van der Waals surface area contributed by atoms with Crippen molar-refractivity contribution >= 4 is 33.3 Å². The van der Waals surface area contributed by atoms with Gasteiger partial charge in [0.2, 0.25) is 10.0 Å². The highest BCUT2D eigenvalue weighted by Crippen LogP contribution is 2.36. The van der Waals surface area contributed by atoms with Crippen LogP contribution in [-0.2, 0) is 19.5 Å². The van der Waals surface area contributed by atoms with Gasteiger partial charge in [-0.25, -0.2) is 22.7 Å². The molecule has 152 valence electrons. The number of hydrogen-bond acceptors (Lipinski definition) is 7. The fraction of sp³-hybridized carbons (Fsp3) is 0.368. The summed E-state index contributed by atoms with van der Waals surface area (Å²) in [6, 6.07) is 6.79. The van der Waals surface area contributed by atoms with Gasteiger partial charge < -0.3 is 9.47 Å². The van der Waals surface area contributed by atoms with Gasteiger partial charge in [-0.1, -0.05) is 26.8 Å². The summed E-state index contributed by atoms with van der Waals surface area (Å²) in [6.07, 6.45) is 0. The molecule has 1 unspecified atom stereocenters. The van der Waals surface area contributed by atoms with Gasteiger partial charge in [-0.3, -0.25) is 0 Å². The zero-order valence-electron chi connectivity index (χ0n) is 16.3. The number of carbonyl (C=O) groups excluding carboxylic acids is 2. The molecule has 0 spiro atoms. The van der Waals surface area contributed by atoms with Crippen LogP contribution in [0.15, 0.2) is 40.6 Å². The van der Waals surface area contributed by atoms with Gasteiger partial charge in [0.05, 0.1) is 36.3 Å². The molecular formula is C19H23NO6S2. The lowest BCUT2D eigenvalue weighted by atomic mass is 9.86. The predicted octanol–water partition coefficient (Wildman–Crippen LogP) is 3.39. The number of nitrogens with one attached hydrogen (secondary N) is 1. The van der Waals surface area contributed by atoms with Crippen LogP contribution in [0.25, 0.3) is 0 Å². The zero-order valence-corrected chi connectivity index (χ0v) is 17.9. The van der Waals surface area contributed by atoms with Crippen molar-refractivity contribution < 1.29 is 27.5 Å². The fourth-order valence-corrected chi connectivity index (χ4v) is 5.15. The molecule has 2 rings (SSSR count). The second kappa shape index (κ2) is 8.42. The number of sulfonamides is 1. The Hall–Kier alpha value is -2.23. The number of rotatable bonds is 6. The molecule has 0 saturated heterocycles. The normalized spacial score (nSPS) is 13.0. The van der Waals surface area contributed by atoms with Crippen LogP contribution < -0.4 is 4.72 Å². The Balaban J connectivity index is 2.54. The van der Waals surface area contributed by atoms with Crippen molar-refractivity contribution in [3.63, 3.8) is 0 Å². The Morgan fingerprint density at radius 2 is 1.57 bits per heavy atom. The third-order valence-electron chi connectivity index (χ3n) is 4.03. The van der Waals surface area contributed by atoms with Crippen LogP contribution >= 0.6 is 11.3 Å². The molecule has 1 aromatic carbocycles. The minimum atomic E-state index is -4.06. The summed E-state index contributed by atoms with van der Waals surface area (Å²) in [6.45, 7) is 5.76. The summed E-state index contributed by atoms with van der Waals surface area (Å²) in [5.41, 5.74) is -0.535. The van der Waals surface area contributed by atoms with Crippen molar-refractivity contribution in [2.75, 3.05) is 14.2 Å². The number of thiophene rings is 1. The first-order valence-electron chi connectivity index (χ1n) is 8.37. The third-order valence-corrected chi connectivity index (χ3v) is 6.37. The number of hydrogen-bond donors (Lipinski definition) is 1. The van der Waals surface area contributed by atoms with E-state index in [-0.39, 0.29) is 16.0 Å². The van der Waals surface area contributed by atoms with Crippen LogP contribution in [0.4, 0.5) is 0 Å². The zero-order chi connectivity index (χ0) is 21.1. The molecule has 7 nitrogen and oxygen atoms in total. The Labute approximate surface area is 168 Å². The summed E-state index contributed by atoms with van der Waals surface area (Å²) in [5.74, 6) is -1.51.